The molecule has 0 aliphatic carbocycles. The Bertz CT molecular complexity index is 388. The van der Waals surface area contributed by atoms with Gasteiger partial charge in [-0.3, -0.25) is 0 Å². The second-order valence-corrected chi connectivity index (χ2v) is 8.31. The van der Waals surface area contributed by atoms with Gasteiger partial charge in [0.1, 0.15) is 11.5 Å². The summed E-state index contributed by atoms with van der Waals surface area (Å²) in [5, 5.41) is 6.92. The summed E-state index contributed by atoms with van der Waals surface area (Å²) in [5.74, 6) is 4.13. The van der Waals surface area contributed by atoms with Crippen molar-refractivity contribution in [2.75, 3.05) is 12.3 Å². The largest absolute Gasteiger partial charge is 0.464 e. The van der Waals surface area contributed by atoms with Crippen LogP contribution in [0.15, 0.2) is 16.5 Å². The van der Waals surface area contributed by atoms with E-state index in [4.69, 9.17) is 4.42 Å². The molecule has 0 radical (unpaired) electrons. The Kier molecular flexibility index (Phi) is 6.62. The van der Waals surface area contributed by atoms with Crippen LogP contribution in [0.1, 0.15) is 53.1 Å². The Morgan fingerprint density at radius 1 is 0.950 bits per heavy atom. The number of hydrogen-bond donors (Lipinski definition) is 2. The van der Waals surface area contributed by atoms with Crippen LogP contribution in [-0.4, -0.2) is 23.4 Å². The fraction of sp³-hybridized carbons (Fsp3) is 0.750. The monoisotopic (exact) mass is 298 g/mol. The summed E-state index contributed by atoms with van der Waals surface area (Å²) >= 11 is 1.91. The van der Waals surface area contributed by atoms with Crippen LogP contribution in [0.2, 0.25) is 0 Å². The van der Waals surface area contributed by atoms with Crippen LogP contribution in [0.4, 0.5) is 0 Å². The highest BCUT2D eigenvalue weighted by Crippen LogP contribution is 2.16. The second-order valence-electron chi connectivity index (χ2n) is 7.20. The Balaban J connectivity index is 2.20. The summed E-state index contributed by atoms with van der Waals surface area (Å²) in [6.45, 7) is 14.9. The minimum Gasteiger partial charge on any atom is -0.464 e. The first-order valence-electron chi connectivity index (χ1n) is 7.31. The lowest BCUT2D eigenvalue weighted by molar-refractivity contribution is 0.382. The molecular weight excluding hydrogens is 268 g/mol. The van der Waals surface area contributed by atoms with Gasteiger partial charge in [0.25, 0.3) is 0 Å². The van der Waals surface area contributed by atoms with Crippen molar-refractivity contribution in [3.8, 4) is 0 Å². The molecule has 0 saturated heterocycles. The lowest BCUT2D eigenvalue weighted by Gasteiger charge is -2.20. The normalized spacial score (nSPS) is 12.9. The van der Waals surface area contributed by atoms with E-state index in [0.717, 1.165) is 36.1 Å². The molecule has 1 rings (SSSR count). The number of nitrogens with one attached hydrogen (secondary N) is 2. The summed E-state index contributed by atoms with van der Waals surface area (Å²) < 4.78 is 5.82. The lowest BCUT2D eigenvalue weighted by Crippen LogP contribution is -2.37. The van der Waals surface area contributed by atoms with E-state index >= 15 is 0 Å². The molecule has 1 heterocycles. The van der Waals surface area contributed by atoms with Crippen molar-refractivity contribution in [2.45, 2.75) is 64.9 Å². The molecule has 116 valence electrons. The number of thioether (sulfide) groups is 1. The molecule has 0 amide bonds. The van der Waals surface area contributed by atoms with Crippen molar-refractivity contribution in [2.24, 2.45) is 0 Å². The number of rotatable bonds is 7. The molecular formula is C16H30N2OS. The van der Waals surface area contributed by atoms with E-state index in [1.54, 1.807) is 0 Å². The maximum atomic E-state index is 5.82. The molecule has 3 nitrogen and oxygen atoms in total. The van der Waals surface area contributed by atoms with E-state index in [9.17, 15) is 0 Å². The van der Waals surface area contributed by atoms with Crippen LogP contribution in [0.5, 0.6) is 0 Å². The zero-order chi connectivity index (χ0) is 15.2. The van der Waals surface area contributed by atoms with E-state index in [1.807, 2.05) is 11.8 Å². The fourth-order valence-electron chi connectivity index (χ4n) is 1.62. The van der Waals surface area contributed by atoms with E-state index < -0.39 is 0 Å². The molecule has 0 spiro atoms. The number of furan rings is 1. The summed E-state index contributed by atoms with van der Waals surface area (Å²) in [7, 11) is 0. The molecule has 0 aliphatic rings. The van der Waals surface area contributed by atoms with Crippen LogP contribution in [0.3, 0.4) is 0 Å². The van der Waals surface area contributed by atoms with E-state index in [0.29, 0.717) is 0 Å². The van der Waals surface area contributed by atoms with Gasteiger partial charge in [-0.2, -0.15) is 11.8 Å². The third-order valence-corrected chi connectivity index (χ3v) is 3.64. The van der Waals surface area contributed by atoms with Crippen molar-refractivity contribution in [1.82, 2.24) is 10.6 Å². The van der Waals surface area contributed by atoms with E-state index in [-0.39, 0.29) is 11.1 Å². The topological polar surface area (TPSA) is 37.2 Å². The first-order valence-corrected chi connectivity index (χ1v) is 8.47. The SMILES string of the molecule is CC(C)(C)NCCSCc1ccc(CNC(C)(C)C)o1. The summed E-state index contributed by atoms with van der Waals surface area (Å²) in [4.78, 5) is 0. The smallest absolute Gasteiger partial charge is 0.118 e. The molecule has 0 fully saturated rings. The number of hydrogen-bond acceptors (Lipinski definition) is 4. The molecule has 0 bridgehead atoms. The van der Waals surface area contributed by atoms with Crippen molar-refractivity contribution in [3.05, 3.63) is 23.7 Å². The molecule has 2 N–H and O–H groups in total. The van der Waals surface area contributed by atoms with Gasteiger partial charge in [-0.25, -0.2) is 0 Å². The molecule has 1 aromatic heterocycles. The molecule has 0 unspecified atom stereocenters. The highest BCUT2D eigenvalue weighted by atomic mass is 32.2. The van der Waals surface area contributed by atoms with Crippen LogP contribution < -0.4 is 10.6 Å². The van der Waals surface area contributed by atoms with Gasteiger partial charge in [0.05, 0.1) is 12.3 Å². The van der Waals surface area contributed by atoms with Crippen molar-refractivity contribution in [3.63, 3.8) is 0 Å². The van der Waals surface area contributed by atoms with Crippen molar-refractivity contribution < 1.29 is 4.42 Å². The van der Waals surface area contributed by atoms with Gasteiger partial charge in [0.2, 0.25) is 0 Å². The maximum Gasteiger partial charge on any atom is 0.118 e. The van der Waals surface area contributed by atoms with Crippen LogP contribution in [-0.2, 0) is 12.3 Å². The molecule has 4 heteroatoms. The quantitative estimate of drug-likeness (QED) is 0.751. The second kappa shape index (κ2) is 7.53. The molecule has 20 heavy (non-hydrogen) atoms. The first-order chi connectivity index (χ1) is 9.16. The van der Waals surface area contributed by atoms with Gasteiger partial charge in [-0.05, 0) is 53.7 Å². The van der Waals surface area contributed by atoms with E-state index in [2.05, 4.69) is 64.3 Å². The summed E-state index contributed by atoms with van der Waals surface area (Å²) in [6.07, 6.45) is 0. The maximum absolute atomic E-state index is 5.82. The molecule has 0 atom stereocenters. The highest BCUT2D eigenvalue weighted by molar-refractivity contribution is 7.98. The molecule has 0 aliphatic heterocycles. The Morgan fingerprint density at radius 3 is 2.15 bits per heavy atom. The van der Waals surface area contributed by atoms with Crippen molar-refractivity contribution >= 4 is 11.8 Å². The van der Waals surface area contributed by atoms with Gasteiger partial charge < -0.3 is 15.1 Å². The molecule has 1 aromatic rings. The Hall–Kier alpha value is -0.450. The van der Waals surface area contributed by atoms with Gasteiger partial charge in [0.15, 0.2) is 0 Å². The van der Waals surface area contributed by atoms with Crippen LogP contribution >= 0.6 is 11.8 Å². The summed E-state index contributed by atoms with van der Waals surface area (Å²) in [6, 6.07) is 4.16. The minimum absolute atomic E-state index is 0.125. The van der Waals surface area contributed by atoms with Crippen LogP contribution in [0, 0.1) is 0 Å². The first kappa shape index (κ1) is 17.6. The van der Waals surface area contributed by atoms with Crippen LogP contribution in [0.25, 0.3) is 0 Å². The average molecular weight is 298 g/mol. The third-order valence-electron chi connectivity index (χ3n) is 2.66. The third kappa shape index (κ3) is 8.67. The predicted molar refractivity (Wildman–Crippen MR) is 89.2 cm³/mol. The predicted octanol–water partition coefficient (Wildman–Crippen LogP) is 3.79. The standard InChI is InChI=1S/C16H30N2OS/c1-15(2,3)17-9-10-20-12-14-8-7-13(19-14)11-18-16(4,5)6/h7-8,17-18H,9-12H2,1-6H3. The zero-order valence-corrected chi connectivity index (χ0v) is 14.6. The lowest BCUT2D eigenvalue weighted by atomic mass is 10.1. The summed E-state index contributed by atoms with van der Waals surface area (Å²) in [5.41, 5.74) is 0.331. The van der Waals surface area contributed by atoms with Crippen molar-refractivity contribution in [1.29, 1.82) is 0 Å². The highest BCUT2D eigenvalue weighted by Gasteiger charge is 2.10. The van der Waals surface area contributed by atoms with Gasteiger partial charge in [-0.1, -0.05) is 0 Å². The van der Waals surface area contributed by atoms with E-state index in [1.165, 1.54) is 0 Å². The fourth-order valence-corrected chi connectivity index (χ4v) is 2.37. The van der Waals surface area contributed by atoms with Gasteiger partial charge in [0, 0.05) is 23.4 Å². The molecule has 0 saturated carbocycles. The van der Waals surface area contributed by atoms with Gasteiger partial charge >= 0.3 is 0 Å². The van der Waals surface area contributed by atoms with Gasteiger partial charge in [-0.15, -0.1) is 0 Å². The Labute approximate surface area is 128 Å². The Morgan fingerprint density at radius 2 is 1.55 bits per heavy atom. The zero-order valence-electron chi connectivity index (χ0n) is 13.8. The molecule has 0 aromatic carbocycles. The average Bonchev–Trinajstić information content (AvgIpc) is 2.71. The minimum atomic E-state index is 0.125.